The van der Waals surface area contributed by atoms with Crippen LogP contribution in [0.2, 0.25) is 0 Å². The highest BCUT2D eigenvalue weighted by Gasteiger charge is 2.17. The van der Waals surface area contributed by atoms with E-state index in [0.717, 1.165) is 0 Å². The summed E-state index contributed by atoms with van der Waals surface area (Å²) in [6.07, 6.45) is 0. The lowest BCUT2D eigenvalue weighted by molar-refractivity contribution is 0.229. The summed E-state index contributed by atoms with van der Waals surface area (Å²) < 4.78 is 60.1. The zero-order valence-electron chi connectivity index (χ0n) is 5.90. The van der Waals surface area contributed by atoms with E-state index in [4.69, 9.17) is 0 Å². The van der Waals surface area contributed by atoms with Gasteiger partial charge in [-0.05, 0) is 17.5 Å². The van der Waals surface area contributed by atoms with Crippen molar-refractivity contribution < 1.29 is 22.1 Å². The van der Waals surface area contributed by atoms with Crippen LogP contribution in [0.4, 0.5) is 27.8 Å². The molecule has 74 valence electrons. The highest BCUT2D eigenvalue weighted by Crippen LogP contribution is 2.23. The predicted octanol–water partition coefficient (Wildman–Crippen LogP) is 3.30. The summed E-state index contributed by atoms with van der Waals surface area (Å²) >= 11 is 0. The minimum absolute atomic E-state index is 0. The van der Waals surface area contributed by atoms with E-state index < -0.39 is 28.5 Å². The molecule has 1 aromatic carbocycles. The third-order valence-electron chi connectivity index (χ3n) is 1.20. The standard InChI is InChI=1S/C6H2F5N.HI/c7-3-1-2-4(12(10)11)6(9)5(3)8;/h1-2H;1H. The van der Waals surface area contributed by atoms with Crippen LogP contribution in [-0.2, 0) is 0 Å². The third kappa shape index (κ3) is 2.42. The fourth-order valence-electron chi connectivity index (χ4n) is 0.646. The molecule has 13 heavy (non-hydrogen) atoms. The smallest absolute Gasteiger partial charge is 0.196 e. The van der Waals surface area contributed by atoms with Crippen molar-refractivity contribution in [3.05, 3.63) is 29.6 Å². The number of hydrogen-bond acceptors (Lipinski definition) is 1. The molecular weight excluding hydrogens is 308 g/mol. The first kappa shape index (κ1) is 12.4. The molecule has 0 radical (unpaired) electrons. The van der Waals surface area contributed by atoms with Gasteiger partial charge >= 0.3 is 0 Å². The molecule has 0 aliphatic heterocycles. The highest BCUT2D eigenvalue weighted by atomic mass is 127. The molecule has 0 heterocycles. The molecule has 0 aliphatic rings. The van der Waals surface area contributed by atoms with Gasteiger partial charge < -0.3 is 0 Å². The molecule has 1 aromatic rings. The molecule has 0 bridgehead atoms. The van der Waals surface area contributed by atoms with Gasteiger partial charge in [0.2, 0.25) is 0 Å². The minimum Gasteiger partial charge on any atom is -0.204 e. The van der Waals surface area contributed by atoms with Crippen LogP contribution in [0.3, 0.4) is 0 Å². The van der Waals surface area contributed by atoms with Crippen LogP contribution in [0.1, 0.15) is 0 Å². The SMILES string of the molecule is Fc1ccc(N(F)F)c(F)c1F.I. The maximum atomic E-state index is 12.4. The van der Waals surface area contributed by atoms with Crippen molar-refractivity contribution >= 4 is 29.7 Å². The van der Waals surface area contributed by atoms with Gasteiger partial charge in [0.05, 0.1) is 0 Å². The van der Waals surface area contributed by atoms with E-state index in [1.165, 1.54) is 0 Å². The lowest BCUT2D eigenvalue weighted by atomic mass is 10.3. The zero-order chi connectivity index (χ0) is 9.30. The van der Waals surface area contributed by atoms with E-state index in [0.29, 0.717) is 12.1 Å². The summed E-state index contributed by atoms with van der Waals surface area (Å²) in [6.45, 7) is 0. The second kappa shape index (κ2) is 4.58. The minimum atomic E-state index is -1.91. The van der Waals surface area contributed by atoms with Gasteiger partial charge in [0.15, 0.2) is 17.5 Å². The predicted molar refractivity (Wildman–Crippen MR) is 46.4 cm³/mol. The monoisotopic (exact) mass is 311 g/mol. The fraction of sp³-hybridized carbons (Fsp3) is 0. The number of nitrogens with zero attached hydrogens (tertiary/aromatic N) is 1. The van der Waals surface area contributed by atoms with Gasteiger partial charge in [-0.25, -0.2) is 13.2 Å². The summed E-state index contributed by atoms with van der Waals surface area (Å²) in [5.41, 5.74) is -1.30. The van der Waals surface area contributed by atoms with Crippen molar-refractivity contribution in [2.45, 2.75) is 0 Å². The van der Waals surface area contributed by atoms with Crippen LogP contribution in [-0.4, -0.2) is 0 Å². The molecule has 0 aliphatic carbocycles. The quantitative estimate of drug-likeness (QED) is 0.333. The molecule has 7 heteroatoms. The summed E-state index contributed by atoms with van der Waals surface area (Å²) in [4.78, 5) is 0. The van der Waals surface area contributed by atoms with Crippen LogP contribution in [0, 0.1) is 17.5 Å². The normalized spacial score (nSPS) is 9.31. The molecule has 0 aromatic heterocycles. The molecule has 0 unspecified atom stereocenters. The first-order valence-electron chi connectivity index (χ1n) is 2.79. The molecule has 0 saturated heterocycles. The van der Waals surface area contributed by atoms with Crippen LogP contribution in [0.15, 0.2) is 12.1 Å². The van der Waals surface area contributed by atoms with Crippen molar-refractivity contribution in [2.75, 3.05) is 5.34 Å². The molecule has 0 spiro atoms. The van der Waals surface area contributed by atoms with E-state index in [-0.39, 0.29) is 24.0 Å². The summed E-state index contributed by atoms with van der Waals surface area (Å²) in [5.74, 6) is -5.31. The van der Waals surface area contributed by atoms with Gasteiger partial charge in [-0.3, -0.25) is 0 Å². The van der Waals surface area contributed by atoms with Crippen LogP contribution in [0.5, 0.6) is 0 Å². The van der Waals surface area contributed by atoms with Crippen LogP contribution < -0.4 is 5.34 Å². The summed E-state index contributed by atoms with van der Waals surface area (Å²) in [5, 5.41) is -1.63. The average Bonchev–Trinajstić information content (AvgIpc) is 2.00. The van der Waals surface area contributed by atoms with Gasteiger partial charge in [-0.2, -0.15) is 0 Å². The van der Waals surface area contributed by atoms with Gasteiger partial charge in [0.1, 0.15) is 5.69 Å². The van der Waals surface area contributed by atoms with Gasteiger partial charge in [0.25, 0.3) is 0 Å². The molecule has 1 nitrogen and oxygen atoms in total. The molecule has 0 atom stereocenters. The molecule has 0 fully saturated rings. The van der Waals surface area contributed by atoms with Gasteiger partial charge in [-0.15, -0.1) is 24.0 Å². The topological polar surface area (TPSA) is 3.24 Å². The summed E-state index contributed by atoms with van der Waals surface area (Å²) in [6, 6.07) is 0.855. The number of benzene rings is 1. The van der Waals surface area contributed by atoms with E-state index in [1.54, 1.807) is 0 Å². The number of anilines is 1. The van der Waals surface area contributed by atoms with Crippen LogP contribution >= 0.6 is 24.0 Å². The first-order valence-corrected chi connectivity index (χ1v) is 2.79. The van der Waals surface area contributed by atoms with Gasteiger partial charge in [0, 0.05) is 0 Å². The van der Waals surface area contributed by atoms with E-state index in [2.05, 4.69) is 0 Å². The average molecular weight is 311 g/mol. The lowest BCUT2D eigenvalue weighted by Crippen LogP contribution is -2.02. The van der Waals surface area contributed by atoms with Crippen molar-refractivity contribution in [1.29, 1.82) is 0 Å². The Balaban J connectivity index is 0.00000144. The largest absolute Gasteiger partial charge is 0.204 e. The van der Waals surface area contributed by atoms with Crippen molar-refractivity contribution in [3.8, 4) is 0 Å². The Morgan fingerprint density at radius 3 is 1.92 bits per heavy atom. The first-order chi connectivity index (χ1) is 5.54. The highest BCUT2D eigenvalue weighted by molar-refractivity contribution is 14.0. The Morgan fingerprint density at radius 2 is 1.46 bits per heavy atom. The van der Waals surface area contributed by atoms with E-state index in [9.17, 15) is 22.1 Å². The Bertz CT molecular complexity index is 303. The number of halogens is 6. The third-order valence-corrected chi connectivity index (χ3v) is 1.20. The van der Waals surface area contributed by atoms with Gasteiger partial charge in [-0.1, -0.05) is 8.96 Å². The molecule has 1 rings (SSSR count). The van der Waals surface area contributed by atoms with E-state index >= 15 is 0 Å². The summed E-state index contributed by atoms with van der Waals surface area (Å²) in [7, 11) is 0. The van der Waals surface area contributed by atoms with E-state index in [1.807, 2.05) is 0 Å². The Morgan fingerprint density at radius 1 is 0.923 bits per heavy atom. The Kier molecular flexibility index (Phi) is 4.37. The fourth-order valence-corrected chi connectivity index (χ4v) is 0.646. The van der Waals surface area contributed by atoms with Crippen molar-refractivity contribution in [3.63, 3.8) is 0 Å². The molecule has 0 saturated carbocycles. The van der Waals surface area contributed by atoms with Crippen molar-refractivity contribution in [2.24, 2.45) is 0 Å². The zero-order valence-corrected chi connectivity index (χ0v) is 8.23. The Hall–Kier alpha value is -0.600. The number of rotatable bonds is 1. The molecular formula is C6H3F5IN. The Labute approximate surface area is 87.0 Å². The maximum absolute atomic E-state index is 12.4. The number of hydrogen-bond donors (Lipinski definition) is 0. The van der Waals surface area contributed by atoms with Crippen LogP contribution in [0.25, 0.3) is 0 Å². The maximum Gasteiger partial charge on any atom is 0.196 e. The molecule has 0 N–H and O–H groups in total. The lowest BCUT2D eigenvalue weighted by Gasteiger charge is -2.03. The second-order valence-electron chi connectivity index (χ2n) is 1.93. The second-order valence-corrected chi connectivity index (χ2v) is 1.93. The van der Waals surface area contributed by atoms with Crippen molar-refractivity contribution in [1.82, 2.24) is 0 Å². The molecule has 0 amide bonds.